The molecule has 0 N–H and O–H groups in total. The van der Waals surface area contributed by atoms with Crippen molar-refractivity contribution >= 4 is 0 Å². The van der Waals surface area contributed by atoms with Crippen LogP contribution in [0.3, 0.4) is 0 Å². The van der Waals surface area contributed by atoms with Crippen LogP contribution in [0.4, 0.5) is 0 Å². The van der Waals surface area contributed by atoms with E-state index in [9.17, 15) is 0 Å². The summed E-state index contributed by atoms with van der Waals surface area (Å²) in [5, 5.41) is 0. The number of ether oxygens (including phenoxy) is 1. The van der Waals surface area contributed by atoms with Gasteiger partial charge in [-0.15, -0.1) is 0 Å². The van der Waals surface area contributed by atoms with Crippen molar-refractivity contribution in [3.8, 4) is 0 Å². The fourth-order valence-corrected chi connectivity index (χ4v) is 4.55. The van der Waals surface area contributed by atoms with Crippen molar-refractivity contribution in [1.29, 1.82) is 0 Å². The fourth-order valence-electron chi connectivity index (χ4n) is 4.55. The van der Waals surface area contributed by atoms with E-state index in [0.717, 1.165) is 26.3 Å². The number of rotatable bonds is 5. The summed E-state index contributed by atoms with van der Waals surface area (Å²) in [5.41, 5.74) is 3.00. The monoisotopic (exact) mass is 342 g/mol. The lowest BCUT2D eigenvalue weighted by Gasteiger charge is -2.47. The average molecular weight is 343 g/mol. The quantitative estimate of drug-likeness (QED) is 0.743. The van der Waals surface area contributed by atoms with E-state index in [0.29, 0.717) is 6.04 Å². The van der Waals surface area contributed by atoms with Crippen LogP contribution in [0.15, 0.2) is 42.0 Å². The Balaban J connectivity index is 1.94. The zero-order valence-electron chi connectivity index (χ0n) is 16.2. The number of nitrogens with zero attached hydrogens (tertiary/aromatic N) is 2. The molecular formula is C22H34N2O. The molecule has 1 aromatic rings. The Morgan fingerprint density at radius 3 is 2.24 bits per heavy atom. The molecule has 3 rings (SSSR count). The first-order valence-corrected chi connectivity index (χ1v) is 9.93. The van der Waals surface area contributed by atoms with Crippen molar-refractivity contribution in [3.63, 3.8) is 0 Å². The molecule has 1 unspecified atom stereocenters. The van der Waals surface area contributed by atoms with Gasteiger partial charge in [-0.25, -0.2) is 0 Å². The highest BCUT2D eigenvalue weighted by molar-refractivity contribution is 5.34. The summed E-state index contributed by atoms with van der Waals surface area (Å²) in [6, 6.07) is 11.5. The first-order chi connectivity index (χ1) is 12.1. The lowest BCUT2D eigenvalue weighted by Crippen LogP contribution is -2.53. The molecule has 0 spiro atoms. The van der Waals surface area contributed by atoms with Crippen molar-refractivity contribution in [3.05, 3.63) is 47.5 Å². The SMILES string of the molecule is CC=C(C(c1ccccc1)N1CCCCC1)C(C)(C)N1CCOCC1. The lowest BCUT2D eigenvalue weighted by molar-refractivity contribution is -0.00382. The molecule has 0 saturated carbocycles. The van der Waals surface area contributed by atoms with Gasteiger partial charge in [0.15, 0.2) is 0 Å². The number of hydrogen-bond donors (Lipinski definition) is 0. The minimum Gasteiger partial charge on any atom is -0.379 e. The Morgan fingerprint density at radius 1 is 1.00 bits per heavy atom. The molecule has 3 nitrogen and oxygen atoms in total. The second-order valence-electron chi connectivity index (χ2n) is 7.81. The first-order valence-electron chi connectivity index (χ1n) is 9.93. The third-order valence-corrected chi connectivity index (χ3v) is 5.98. The number of morpholine rings is 1. The van der Waals surface area contributed by atoms with Crippen LogP contribution in [0.2, 0.25) is 0 Å². The van der Waals surface area contributed by atoms with E-state index in [2.05, 4.69) is 67.0 Å². The Hall–Kier alpha value is -1.16. The van der Waals surface area contributed by atoms with Gasteiger partial charge in [0.25, 0.3) is 0 Å². The van der Waals surface area contributed by atoms with Gasteiger partial charge < -0.3 is 4.74 Å². The number of hydrogen-bond acceptors (Lipinski definition) is 3. The molecule has 2 aliphatic rings. The van der Waals surface area contributed by atoms with Crippen LogP contribution in [-0.4, -0.2) is 54.7 Å². The molecule has 0 amide bonds. The maximum absolute atomic E-state index is 5.60. The van der Waals surface area contributed by atoms with E-state index in [1.165, 1.54) is 43.5 Å². The predicted molar refractivity (Wildman–Crippen MR) is 105 cm³/mol. The van der Waals surface area contributed by atoms with E-state index >= 15 is 0 Å². The summed E-state index contributed by atoms with van der Waals surface area (Å²) in [7, 11) is 0. The molecule has 0 radical (unpaired) electrons. The van der Waals surface area contributed by atoms with Crippen molar-refractivity contribution in [1.82, 2.24) is 9.80 Å². The van der Waals surface area contributed by atoms with Gasteiger partial charge in [0.05, 0.1) is 19.3 Å². The minimum absolute atomic E-state index is 0.0382. The Morgan fingerprint density at radius 2 is 1.64 bits per heavy atom. The third kappa shape index (κ3) is 4.16. The molecule has 138 valence electrons. The highest BCUT2D eigenvalue weighted by atomic mass is 16.5. The van der Waals surface area contributed by atoms with Crippen LogP contribution >= 0.6 is 0 Å². The summed E-state index contributed by atoms with van der Waals surface area (Å²) >= 11 is 0. The molecule has 1 aromatic carbocycles. The summed E-state index contributed by atoms with van der Waals surface area (Å²) in [6.45, 7) is 13.2. The van der Waals surface area contributed by atoms with Gasteiger partial charge in [-0.05, 0) is 57.8 Å². The molecule has 2 heterocycles. The summed E-state index contributed by atoms with van der Waals surface area (Å²) < 4.78 is 5.60. The molecule has 0 aromatic heterocycles. The summed E-state index contributed by atoms with van der Waals surface area (Å²) in [5.74, 6) is 0. The molecule has 0 bridgehead atoms. The van der Waals surface area contributed by atoms with Crippen molar-refractivity contribution in [2.24, 2.45) is 0 Å². The van der Waals surface area contributed by atoms with Crippen LogP contribution in [0, 0.1) is 0 Å². The highest BCUT2D eigenvalue weighted by Gasteiger charge is 2.38. The zero-order valence-corrected chi connectivity index (χ0v) is 16.2. The topological polar surface area (TPSA) is 15.7 Å². The van der Waals surface area contributed by atoms with Crippen molar-refractivity contribution < 1.29 is 4.74 Å². The normalized spacial score (nSPS) is 22.8. The Kier molecular flexibility index (Phi) is 6.32. The molecule has 2 saturated heterocycles. The number of likely N-dealkylation sites (tertiary alicyclic amines) is 1. The van der Waals surface area contributed by atoms with Gasteiger partial charge in [-0.3, -0.25) is 9.80 Å². The van der Waals surface area contributed by atoms with E-state index in [4.69, 9.17) is 4.74 Å². The molecule has 2 aliphatic heterocycles. The third-order valence-electron chi connectivity index (χ3n) is 5.98. The fraction of sp³-hybridized carbons (Fsp3) is 0.636. The first kappa shape index (κ1) is 18.6. The smallest absolute Gasteiger partial charge is 0.0594 e. The van der Waals surface area contributed by atoms with Crippen molar-refractivity contribution in [2.75, 3.05) is 39.4 Å². The van der Waals surface area contributed by atoms with Crippen LogP contribution in [0.25, 0.3) is 0 Å². The Labute approximate surface area is 153 Å². The van der Waals surface area contributed by atoms with Gasteiger partial charge in [-0.1, -0.05) is 42.8 Å². The number of allylic oxidation sites excluding steroid dienone is 1. The molecule has 3 heteroatoms. The molecule has 2 fully saturated rings. The highest BCUT2D eigenvalue weighted by Crippen LogP contribution is 2.39. The van der Waals surface area contributed by atoms with Crippen molar-refractivity contribution in [2.45, 2.75) is 51.6 Å². The van der Waals surface area contributed by atoms with Gasteiger partial charge in [-0.2, -0.15) is 0 Å². The largest absolute Gasteiger partial charge is 0.379 e. The molecular weight excluding hydrogens is 308 g/mol. The second-order valence-corrected chi connectivity index (χ2v) is 7.81. The van der Waals surface area contributed by atoms with Crippen LogP contribution < -0.4 is 0 Å². The van der Waals surface area contributed by atoms with Crippen LogP contribution in [-0.2, 0) is 4.74 Å². The lowest BCUT2D eigenvalue weighted by atomic mass is 9.81. The van der Waals surface area contributed by atoms with Gasteiger partial charge >= 0.3 is 0 Å². The van der Waals surface area contributed by atoms with E-state index < -0.39 is 0 Å². The molecule has 0 aliphatic carbocycles. The Bertz CT molecular complexity index is 555. The number of piperidine rings is 1. The molecule has 25 heavy (non-hydrogen) atoms. The van der Waals surface area contributed by atoms with Gasteiger partial charge in [0.2, 0.25) is 0 Å². The van der Waals surface area contributed by atoms with Gasteiger partial charge in [0.1, 0.15) is 0 Å². The predicted octanol–water partition coefficient (Wildman–Crippen LogP) is 4.27. The number of benzene rings is 1. The van der Waals surface area contributed by atoms with Gasteiger partial charge in [0, 0.05) is 18.6 Å². The summed E-state index contributed by atoms with van der Waals surface area (Å²) in [4.78, 5) is 5.31. The minimum atomic E-state index is 0.0382. The van der Waals surface area contributed by atoms with Crippen LogP contribution in [0.5, 0.6) is 0 Å². The van der Waals surface area contributed by atoms with E-state index in [-0.39, 0.29) is 5.54 Å². The summed E-state index contributed by atoms with van der Waals surface area (Å²) in [6.07, 6.45) is 6.38. The maximum Gasteiger partial charge on any atom is 0.0594 e. The second kappa shape index (κ2) is 8.48. The molecule has 1 atom stereocenters. The average Bonchev–Trinajstić information content (AvgIpc) is 2.68. The zero-order chi connectivity index (χ0) is 17.7. The van der Waals surface area contributed by atoms with Crippen LogP contribution in [0.1, 0.15) is 51.6 Å². The maximum atomic E-state index is 5.60. The standard InChI is InChI=1S/C22H34N2O/c1-4-20(22(2,3)24-15-17-25-18-16-24)21(19-11-7-5-8-12-19)23-13-9-6-10-14-23/h4-5,7-8,11-12,21H,6,9-10,13-18H2,1-3H3. The van der Waals surface area contributed by atoms with E-state index in [1.54, 1.807) is 0 Å². The van der Waals surface area contributed by atoms with E-state index in [1.807, 2.05) is 0 Å².